The van der Waals surface area contributed by atoms with Crippen LogP contribution >= 0.6 is 27.5 Å². The third kappa shape index (κ3) is 4.76. The molecule has 1 aliphatic heterocycles. The summed E-state index contributed by atoms with van der Waals surface area (Å²) >= 11 is 9.34. The summed E-state index contributed by atoms with van der Waals surface area (Å²) < 4.78 is 6.45. The van der Waals surface area contributed by atoms with E-state index in [0.717, 1.165) is 30.4 Å². The molecule has 0 saturated carbocycles. The first-order chi connectivity index (χ1) is 9.15. The molecule has 1 heterocycles. The summed E-state index contributed by atoms with van der Waals surface area (Å²) in [5.74, 6) is -0.182. The molecule has 2 N–H and O–H groups in total. The van der Waals surface area contributed by atoms with Gasteiger partial charge in [-0.15, -0.1) is 0 Å². The van der Waals surface area contributed by atoms with Crippen LogP contribution in [-0.2, 0) is 9.53 Å². The summed E-state index contributed by atoms with van der Waals surface area (Å²) in [5.41, 5.74) is 0.593. The molecule has 2 rings (SSSR count). The van der Waals surface area contributed by atoms with Crippen molar-refractivity contribution >= 4 is 39.1 Å². The monoisotopic (exact) mass is 346 g/mol. The summed E-state index contributed by atoms with van der Waals surface area (Å²) in [7, 11) is 0. The van der Waals surface area contributed by atoms with E-state index in [-0.39, 0.29) is 18.6 Å². The lowest BCUT2D eigenvalue weighted by molar-refractivity contribution is -0.123. The number of piperidine rings is 1. The maximum Gasteiger partial charge on any atom is 0.250 e. The van der Waals surface area contributed by atoms with Crippen LogP contribution in [0.4, 0.5) is 5.69 Å². The van der Waals surface area contributed by atoms with E-state index < -0.39 is 0 Å². The van der Waals surface area contributed by atoms with Crippen molar-refractivity contribution < 1.29 is 9.53 Å². The molecule has 0 bridgehead atoms. The van der Waals surface area contributed by atoms with Gasteiger partial charge in [0.15, 0.2) is 0 Å². The second-order valence-corrected chi connectivity index (χ2v) is 5.76. The Morgan fingerprint density at radius 3 is 2.95 bits per heavy atom. The maximum absolute atomic E-state index is 11.8. The van der Waals surface area contributed by atoms with E-state index in [1.54, 1.807) is 12.1 Å². The lowest BCUT2D eigenvalue weighted by atomic mass is 10.1. The second-order valence-electron chi connectivity index (χ2n) is 4.43. The Labute approximate surface area is 126 Å². The maximum atomic E-state index is 11.8. The Bertz CT molecular complexity index is 450. The smallest absolute Gasteiger partial charge is 0.250 e. The third-order valence-electron chi connectivity index (χ3n) is 2.94. The largest absolute Gasteiger partial charge is 0.368 e. The third-order valence-corrected chi connectivity index (χ3v) is 3.76. The second kappa shape index (κ2) is 7.24. The first-order valence-corrected chi connectivity index (χ1v) is 7.39. The van der Waals surface area contributed by atoms with Crippen molar-refractivity contribution in [2.45, 2.75) is 18.9 Å². The number of nitrogens with one attached hydrogen (secondary N) is 2. The predicted octanol–water partition coefficient (Wildman–Crippen LogP) is 2.81. The Hall–Kier alpha value is -0.620. The summed E-state index contributed by atoms with van der Waals surface area (Å²) in [6.45, 7) is 1.96. The first kappa shape index (κ1) is 14.8. The molecule has 1 saturated heterocycles. The van der Waals surface area contributed by atoms with E-state index in [2.05, 4.69) is 26.6 Å². The zero-order valence-electron chi connectivity index (χ0n) is 10.4. The molecule has 0 spiro atoms. The van der Waals surface area contributed by atoms with E-state index in [9.17, 15) is 4.79 Å². The van der Waals surface area contributed by atoms with E-state index in [0.29, 0.717) is 10.7 Å². The van der Waals surface area contributed by atoms with Crippen molar-refractivity contribution in [3.63, 3.8) is 0 Å². The van der Waals surface area contributed by atoms with Gasteiger partial charge in [-0.05, 0) is 44.1 Å². The lowest BCUT2D eigenvalue weighted by Crippen LogP contribution is -2.34. The van der Waals surface area contributed by atoms with Gasteiger partial charge in [0, 0.05) is 4.47 Å². The number of amides is 1. The number of carbonyl (C=O) groups excluding carboxylic acids is 1. The fraction of sp³-hybridized carbons (Fsp3) is 0.462. The molecular weight excluding hydrogens is 332 g/mol. The first-order valence-electron chi connectivity index (χ1n) is 6.22. The van der Waals surface area contributed by atoms with Gasteiger partial charge in [0.1, 0.15) is 6.61 Å². The number of benzene rings is 1. The van der Waals surface area contributed by atoms with E-state index in [4.69, 9.17) is 16.3 Å². The number of ether oxygens (including phenoxy) is 1. The number of carbonyl (C=O) groups is 1. The molecule has 4 nitrogen and oxygen atoms in total. The molecule has 0 aromatic heterocycles. The van der Waals surface area contributed by atoms with E-state index in [1.165, 1.54) is 0 Å². The summed E-state index contributed by atoms with van der Waals surface area (Å²) in [5, 5.41) is 6.51. The molecule has 0 atom stereocenters. The normalized spacial score (nSPS) is 16.3. The fourth-order valence-electron chi connectivity index (χ4n) is 1.94. The highest BCUT2D eigenvalue weighted by Gasteiger charge is 2.15. The van der Waals surface area contributed by atoms with Crippen LogP contribution in [-0.4, -0.2) is 31.7 Å². The van der Waals surface area contributed by atoms with Crippen molar-refractivity contribution in [3.05, 3.63) is 27.7 Å². The van der Waals surface area contributed by atoms with Gasteiger partial charge in [0.2, 0.25) is 5.91 Å². The molecule has 1 aromatic rings. The topological polar surface area (TPSA) is 50.4 Å². The summed E-state index contributed by atoms with van der Waals surface area (Å²) in [4.78, 5) is 11.8. The number of hydrogen-bond donors (Lipinski definition) is 2. The van der Waals surface area contributed by atoms with Crippen LogP contribution in [0.3, 0.4) is 0 Å². The summed E-state index contributed by atoms with van der Waals surface area (Å²) in [6.07, 6.45) is 2.07. The minimum atomic E-state index is -0.182. The molecule has 1 amide bonds. The predicted molar refractivity (Wildman–Crippen MR) is 79.6 cm³/mol. The van der Waals surface area contributed by atoms with Gasteiger partial charge in [-0.2, -0.15) is 0 Å². The zero-order chi connectivity index (χ0) is 13.7. The molecule has 0 aliphatic carbocycles. The fourth-order valence-corrected chi connectivity index (χ4v) is 2.46. The highest BCUT2D eigenvalue weighted by molar-refractivity contribution is 9.10. The molecule has 104 valence electrons. The Balaban J connectivity index is 1.81. The van der Waals surface area contributed by atoms with Crippen molar-refractivity contribution in [1.29, 1.82) is 0 Å². The highest BCUT2D eigenvalue weighted by atomic mass is 79.9. The van der Waals surface area contributed by atoms with Crippen molar-refractivity contribution in [2.24, 2.45) is 0 Å². The standard InChI is InChI=1S/C13H16BrClN2O2/c14-9-1-2-11(15)12(7-9)17-13(18)8-19-10-3-5-16-6-4-10/h1-2,7,10,16H,3-6,8H2,(H,17,18). The van der Waals surface area contributed by atoms with Gasteiger partial charge in [-0.1, -0.05) is 27.5 Å². The van der Waals surface area contributed by atoms with Crippen LogP contribution < -0.4 is 10.6 Å². The SMILES string of the molecule is O=C(COC1CCNCC1)Nc1cc(Br)ccc1Cl. The van der Waals surface area contributed by atoms with E-state index >= 15 is 0 Å². The number of rotatable bonds is 4. The van der Waals surface area contributed by atoms with Crippen molar-refractivity contribution in [3.8, 4) is 0 Å². The van der Waals surface area contributed by atoms with Gasteiger partial charge in [-0.3, -0.25) is 4.79 Å². The number of halogens is 2. The van der Waals surface area contributed by atoms with Crippen LogP contribution in [0.1, 0.15) is 12.8 Å². The molecule has 1 aliphatic rings. The minimum Gasteiger partial charge on any atom is -0.368 e. The van der Waals surface area contributed by atoms with Crippen LogP contribution in [0, 0.1) is 0 Å². The van der Waals surface area contributed by atoms with Gasteiger partial charge in [-0.25, -0.2) is 0 Å². The molecular formula is C13H16BrClN2O2. The molecule has 1 fully saturated rings. The minimum absolute atomic E-state index is 0.0630. The van der Waals surface area contributed by atoms with Crippen LogP contribution in [0.25, 0.3) is 0 Å². The Kier molecular flexibility index (Phi) is 5.63. The van der Waals surface area contributed by atoms with Gasteiger partial charge in [0.05, 0.1) is 16.8 Å². The number of anilines is 1. The molecule has 1 aromatic carbocycles. The van der Waals surface area contributed by atoms with Crippen molar-refractivity contribution in [1.82, 2.24) is 5.32 Å². The van der Waals surface area contributed by atoms with Crippen molar-refractivity contribution in [2.75, 3.05) is 25.0 Å². The highest BCUT2D eigenvalue weighted by Crippen LogP contribution is 2.25. The van der Waals surface area contributed by atoms with E-state index in [1.807, 2.05) is 6.07 Å². The summed E-state index contributed by atoms with van der Waals surface area (Å²) in [6, 6.07) is 5.32. The average Bonchev–Trinajstić information content (AvgIpc) is 2.42. The average molecular weight is 348 g/mol. The van der Waals surface area contributed by atoms with Gasteiger partial charge >= 0.3 is 0 Å². The zero-order valence-corrected chi connectivity index (χ0v) is 12.8. The van der Waals surface area contributed by atoms with Gasteiger partial charge in [0.25, 0.3) is 0 Å². The van der Waals surface area contributed by atoms with Crippen LogP contribution in [0.5, 0.6) is 0 Å². The molecule has 6 heteroatoms. The molecule has 0 unspecified atom stereocenters. The van der Waals surface area contributed by atoms with Crippen LogP contribution in [0.15, 0.2) is 22.7 Å². The Morgan fingerprint density at radius 2 is 2.21 bits per heavy atom. The quantitative estimate of drug-likeness (QED) is 0.880. The Morgan fingerprint density at radius 1 is 1.47 bits per heavy atom. The molecule has 0 radical (unpaired) electrons. The molecule has 19 heavy (non-hydrogen) atoms. The van der Waals surface area contributed by atoms with Crippen LogP contribution in [0.2, 0.25) is 5.02 Å². The lowest BCUT2D eigenvalue weighted by Gasteiger charge is -2.22. The van der Waals surface area contributed by atoms with Gasteiger partial charge < -0.3 is 15.4 Å². The number of hydrogen-bond acceptors (Lipinski definition) is 3.